The fraction of sp³-hybridized carbons (Fsp3) is 0.278. The third-order valence-corrected chi connectivity index (χ3v) is 4.20. The van der Waals surface area contributed by atoms with Crippen molar-refractivity contribution in [1.29, 1.82) is 0 Å². The Bertz CT molecular complexity index is 786. The number of para-hydroxylation sites is 1. The van der Waals surface area contributed by atoms with E-state index >= 15 is 0 Å². The summed E-state index contributed by atoms with van der Waals surface area (Å²) in [5.74, 6) is -0.325. The number of benzene rings is 2. The first-order valence-corrected chi connectivity index (χ1v) is 8.07. The van der Waals surface area contributed by atoms with Crippen LogP contribution in [0.25, 0.3) is 0 Å². The molecule has 0 bridgehead atoms. The number of rotatable bonds is 2. The summed E-state index contributed by atoms with van der Waals surface area (Å²) >= 11 is 0. The fourth-order valence-corrected chi connectivity index (χ4v) is 2.83. The number of alkyl halides is 3. The van der Waals surface area contributed by atoms with Gasteiger partial charge >= 0.3 is 12.2 Å². The van der Waals surface area contributed by atoms with Gasteiger partial charge in [0.2, 0.25) is 0 Å². The predicted octanol–water partition coefficient (Wildman–Crippen LogP) is 4.20. The standard InChI is InChI=1S/C18H17F4N3O/c19-15-6-1-2-7-16(15)24-8-10-25(11-9-24)17(26)23-14-5-3-4-13(12-14)18(20,21)22/h1-7,12H,8-11H2,(H,23,26). The largest absolute Gasteiger partial charge is 0.416 e. The smallest absolute Gasteiger partial charge is 0.366 e. The highest BCUT2D eigenvalue weighted by Gasteiger charge is 2.30. The SMILES string of the molecule is O=C(Nc1cccc(C(F)(F)F)c1)N1CCN(c2ccccc2F)CC1. The molecule has 1 aliphatic rings. The molecule has 0 spiro atoms. The van der Waals surface area contributed by atoms with E-state index in [1.54, 1.807) is 18.2 Å². The van der Waals surface area contributed by atoms with Gasteiger partial charge in [-0.25, -0.2) is 9.18 Å². The second-order valence-corrected chi connectivity index (χ2v) is 5.93. The highest BCUT2D eigenvalue weighted by atomic mass is 19.4. The summed E-state index contributed by atoms with van der Waals surface area (Å²) in [6.45, 7) is 1.58. The number of amides is 2. The van der Waals surface area contributed by atoms with Gasteiger partial charge < -0.3 is 15.1 Å². The van der Waals surface area contributed by atoms with Crippen LogP contribution in [0.15, 0.2) is 48.5 Å². The van der Waals surface area contributed by atoms with E-state index in [0.717, 1.165) is 12.1 Å². The lowest BCUT2D eigenvalue weighted by Crippen LogP contribution is -2.50. The molecule has 1 saturated heterocycles. The average Bonchev–Trinajstić information content (AvgIpc) is 2.62. The molecule has 0 aliphatic carbocycles. The van der Waals surface area contributed by atoms with Gasteiger partial charge in [-0.1, -0.05) is 18.2 Å². The van der Waals surface area contributed by atoms with E-state index in [-0.39, 0.29) is 11.5 Å². The zero-order valence-corrected chi connectivity index (χ0v) is 13.8. The molecule has 2 aromatic rings. The van der Waals surface area contributed by atoms with Crippen molar-refractivity contribution in [2.45, 2.75) is 6.18 Å². The van der Waals surface area contributed by atoms with Crippen molar-refractivity contribution in [3.8, 4) is 0 Å². The minimum Gasteiger partial charge on any atom is -0.366 e. The maximum Gasteiger partial charge on any atom is 0.416 e. The van der Waals surface area contributed by atoms with Crippen LogP contribution in [-0.2, 0) is 6.18 Å². The van der Waals surface area contributed by atoms with Crippen molar-refractivity contribution in [3.05, 3.63) is 59.9 Å². The molecular formula is C18H17F4N3O. The van der Waals surface area contributed by atoms with E-state index in [0.29, 0.717) is 31.9 Å². The van der Waals surface area contributed by atoms with Crippen LogP contribution in [0.2, 0.25) is 0 Å². The number of carbonyl (C=O) groups excluding carboxylic acids is 1. The van der Waals surface area contributed by atoms with Crippen LogP contribution in [0.4, 0.5) is 33.7 Å². The van der Waals surface area contributed by atoms with Gasteiger partial charge in [0.15, 0.2) is 0 Å². The molecule has 3 rings (SSSR count). The summed E-state index contributed by atoms with van der Waals surface area (Å²) in [7, 11) is 0. The van der Waals surface area contributed by atoms with Crippen LogP contribution in [0.1, 0.15) is 5.56 Å². The number of anilines is 2. The number of nitrogens with one attached hydrogen (secondary N) is 1. The van der Waals surface area contributed by atoms with Gasteiger partial charge in [0.1, 0.15) is 5.82 Å². The van der Waals surface area contributed by atoms with Gasteiger partial charge in [0.05, 0.1) is 11.3 Å². The van der Waals surface area contributed by atoms with Crippen LogP contribution >= 0.6 is 0 Å². The van der Waals surface area contributed by atoms with Crippen molar-refractivity contribution < 1.29 is 22.4 Å². The second-order valence-electron chi connectivity index (χ2n) is 5.93. The average molecular weight is 367 g/mol. The van der Waals surface area contributed by atoms with Crippen molar-refractivity contribution in [3.63, 3.8) is 0 Å². The zero-order chi connectivity index (χ0) is 18.7. The summed E-state index contributed by atoms with van der Waals surface area (Å²) in [5.41, 5.74) is -0.258. The molecule has 0 radical (unpaired) electrons. The highest BCUT2D eigenvalue weighted by Crippen LogP contribution is 2.30. The summed E-state index contributed by atoms with van der Waals surface area (Å²) in [6, 6.07) is 10.4. The van der Waals surface area contributed by atoms with Crippen molar-refractivity contribution in [1.82, 2.24) is 4.90 Å². The topological polar surface area (TPSA) is 35.6 Å². The number of hydrogen-bond donors (Lipinski definition) is 1. The number of hydrogen-bond acceptors (Lipinski definition) is 2. The molecule has 26 heavy (non-hydrogen) atoms. The van der Waals surface area contributed by atoms with Crippen LogP contribution < -0.4 is 10.2 Å². The Hall–Kier alpha value is -2.77. The van der Waals surface area contributed by atoms with Gasteiger partial charge in [-0.3, -0.25) is 0 Å². The molecule has 0 unspecified atom stereocenters. The third-order valence-electron chi connectivity index (χ3n) is 4.20. The minimum absolute atomic E-state index is 0.0846. The monoisotopic (exact) mass is 367 g/mol. The van der Waals surface area contributed by atoms with E-state index < -0.39 is 17.8 Å². The quantitative estimate of drug-likeness (QED) is 0.808. The number of urea groups is 1. The summed E-state index contributed by atoms with van der Waals surface area (Å²) in [4.78, 5) is 15.6. The lowest BCUT2D eigenvalue weighted by atomic mass is 10.2. The lowest BCUT2D eigenvalue weighted by molar-refractivity contribution is -0.137. The molecular weight excluding hydrogens is 350 g/mol. The van der Waals surface area contributed by atoms with E-state index in [1.165, 1.54) is 23.1 Å². The maximum absolute atomic E-state index is 13.8. The molecule has 8 heteroatoms. The molecule has 0 aromatic heterocycles. The molecule has 2 aromatic carbocycles. The van der Waals surface area contributed by atoms with Gasteiger partial charge in [-0.2, -0.15) is 13.2 Å². The highest BCUT2D eigenvalue weighted by molar-refractivity contribution is 5.89. The first kappa shape index (κ1) is 18.0. The Kier molecular flexibility index (Phi) is 5.01. The lowest BCUT2D eigenvalue weighted by Gasteiger charge is -2.36. The van der Waals surface area contributed by atoms with Crippen molar-refractivity contribution in [2.24, 2.45) is 0 Å². The number of piperazine rings is 1. The second kappa shape index (κ2) is 7.23. The molecule has 1 heterocycles. The van der Waals surface area contributed by atoms with Gasteiger partial charge in [-0.15, -0.1) is 0 Å². The number of nitrogens with zero attached hydrogens (tertiary/aromatic N) is 2. The molecule has 138 valence electrons. The van der Waals surface area contributed by atoms with E-state index in [4.69, 9.17) is 0 Å². The summed E-state index contributed by atoms with van der Waals surface area (Å²) in [5, 5.41) is 2.48. The molecule has 1 N–H and O–H groups in total. The Labute approximate surface area is 148 Å². The molecule has 4 nitrogen and oxygen atoms in total. The van der Waals surface area contributed by atoms with Gasteiger partial charge in [0, 0.05) is 31.9 Å². The third kappa shape index (κ3) is 4.07. The van der Waals surface area contributed by atoms with Crippen LogP contribution in [0.5, 0.6) is 0 Å². The van der Waals surface area contributed by atoms with E-state index in [2.05, 4.69) is 5.32 Å². The van der Waals surface area contributed by atoms with Gasteiger partial charge in [-0.05, 0) is 30.3 Å². The van der Waals surface area contributed by atoms with Crippen LogP contribution in [-0.4, -0.2) is 37.1 Å². The summed E-state index contributed by atoms with van der Waals surface area (Å²) in [6.07, 6.45) is -4.47. The molecule has 0 atom stereocenters. The number of halogens is 4. The van der Waals surface area contributed by atoms with Gasteiger partial charge in [0.25, 0.3) is 0 Å². The normalized spacial score (nSPS) is 15.1. The Morgan fingerprint density at radius 2 is 1.65 bits per heavy atom. The fourth-order valence-electron chi connectivity index (χ4n) is 2.83. The molecule has 2 amide bonds. The zero-order valence-electron chi connectivity index (χ0n) is 13.8. The predicted molar refractivity (Wildman–Crippen MR) is 90.6 cm³/mol. The Morgan fingerprint density at radius 1 is 0.962 bits per heavy atom. The molecule has 1 aliphatic heterocycles. The first-order valence-electron chi connectivity index (χ1n) is 8.07. The Morgan fingerprint density at radius 3 is 2.31 bits per heavy atom. The molecule has 0 saturated carbocycles. The first-order chi connectivity index (χ1) is 12.3. The van der Waals surface area contributed by atoms with E-state index in [9.17, 15) is 22.4 Å². The number of carbonyl (C=O) groups is 1. The van der Waals surface area contributed by atoms with E-state index in [1.807, 2.05) is 4.90 Å². The maximum atomic E-state index is 13.8. The van der Waals surface area contributed by atoms with Crippen molar-refractivity contribution in [2.75, 3.05) is 36.4 Å². The van der Waals surface area contributed by atoms with Crippen molar-refractivity contribution >= 4 is 17.4 Å². The summed E-state index contributed by atoms with van der Waals surface area (Å²) < 4.78 is 52.0. The van der Waals surface area contributed by atoms with Crippen LogP contribution in [0, 0.1) is 5.82 Å². The minimum atomic E-state index is -4.47. The van der Waals surface area contributed by atoms with Crippen LogP contribution in [0.3, 0.4) is 0 Å². The Balaban J connectivity index is 1.60. The molecule has 1 fully saturated rings.